The molecule has 0 saturated carbocycles. The minimum absolute atomic E-state index is 0.141. The van der Waals surface area contributed by atoms with Crippen LogP contribution in [0.3, 0.4) is 0 Å². The van der Waals surface area contributed by atoms with Gasteiger partial charge in [0.25, 0.3) is 0 Å². The average Bonchev–Trinajstić information content (AvgIpc) is 2.76. The lowest BCUT2D eigenvalue weighted by molar-refractivity contribution is -0.121. The normalized spacial score (nSPS) is 20.9. The number of hydrogen-bond donors (Lipinski definition) is 2. The van der Waals surface area contributed by atoms with Crippen molar-refractivity contribution in [1.82, 2.24) is 15.5 Å². The van der Waals surface area contributed by atoms with Gasteiger partial charge in [-0.05, 0) is 25.9 Å². The van der Waals surface area contributed by atoms with Crippen LogP contribution in [-0.2, 0) is 4.79 Å². The first kappa shape index (κ1) is 12.5. The minimum Gasteiger partial charge on any atom is -0.359 e. The summed E-state index contributed by atoms with van der Waals surface area (Å²) in [6.07, 6.45) is 2.99. The van der Waals surface area contributed by atoms with Crippen LogP contribution in [0.25, 0.3) is 0 Å². The molecular formula is C11H23N3O. The summed E-state index contributed by atoms with van der Waals surface area (Å²) in [5.41, 5.74) is 0. The summed E-state index contributed by atoms with van der Waals surface area (Å²) in [5, 5.41) is 6.04. The van der Waals surface area contributed by atoms with Crippen molar-refractivity contribution in [3.8, 4) is 0 Å². The van der Waals surface area contributed by atoms with Crippen LogP contribution in [0.1, 0.15) is 26.2 Å². The lowest BCUT2D eigenvalue weighted by Crippen LogP contribution is -2.39. The molecular weight excluding hydrogens is 190 g/mol. The van der Waals surface area contributed by atoms with Gasteiger partial charge in [-0.1, -0.05) is 6.92 Å². The molecule has 4 nitrogen and oxygen atoms in total. The van der Waals surface area contributed by atoms with Gasteiger partial charge in [0.15, 0.2) is 0 Å². The van der Waals surface area contributed by atoms with Gasteiger partial charge in [0.1, 0.15) is 0 Å². The van der Waals surface area contributed by atoms with E-state index in [0.29, 0.717) is 12.5 Å². The highest BCUT2D eigenvalue weighted by molar-refractivity contribution is 5.75. The number of nitrogens with one attached hydrogen (secondary N) is 2. The van der Waals surface area contributed by atoms with E-state index in [1.807, 2.05) is 0 Å². The van der Waals surface area contributed by atoms with Crippen LogP contribution in [0.5, 0.6) is 0 Å². The van der Waals surface area contributed by atoms with Gasteiger partial charge in [-0.2, -0.15) is 0 Å². The first-order valence-corrected chi connectivity index (χ1v) is 5.93. The molecule has 2 N–H and O–H groups in total. The monoisotopic (exact) mass is 213 g/mol. The van der Waals surface area contributed by atoms with Crippen LogP contribution in [0, 0.1) is 0 Å². The molecule has 0 aromatic carbocycles. The number of carbonyl (C=O) groups is 1. The lowest BCUT2D eigenvalue weighted by Gasteiger charge is -2.27. The highest BCUT2D eigenvalue weighted by Crippen LogP contribution is 2.09. The van der Waals surface area contributed by atoms with E-state index in [0.717, 1.165) is 32.6 Å². The molecule has 0 radical (unpaired) electrons. The molecule has 0 aromatic rings. The number of amides is 1. The molecule has 1 amide bonds. The molecule has 0 aliphatic carbocycles. The van der Waals surface area contributed by atoms with Crippen LogP contribution >= 0.6 is 0 Å². The van der Waals surface area contributed by atoms with E-state index in [-0.39, 0.29) is 5.91 Å². The van der Waals surface area contributed by atoms with Crippen molar-refractivity contribution >= 4 is 5.91 Å². The zero-order valence-electron chi connectivity index (χ0n) is 9.88. The predicted octanol–water partition coefficient (Wildman–Crippen LogP) is 0.196. The van der Waals surface area contributed by atoms with E-state index in [1.165, 1.54) is 6.42 Å². The van der Waals surface area contributed by atoms with Gasteiger partial charge in [-0.25, -0.2) is 0 Å². The Morgan fingerprint density at radius 1 is 1.53 bits per heavy atom. The highest BCUT2D eigenvalue weighted by Gasteiger charge is 2.21. The first-order valence-electron chi connectivity index (χ1n) is 5.93. The summed E-state index contributed by atoms with van der Waals surface area (Å²) in [4.78, 5) is 13.6. The summed E-state index contributed by atoms with van der Waals surface area (Å²) in [7, 11) is 1.70. The van der Waals surface area contributed by atoms with Crippen LogP contribution in [0.4, 0.5) is 0 Å². The SMILES string of the molecule is CCCN(CCC(=O)NC)C1CCNC1. The predicted molar refractivity (Wildman–Crippen MR) is 61.8 cm³/mol. The van der Waals surface area contributed by atoms with Crippen molar-refractivity contribution in [2.45, 2.75) is 32.2 Å². The Bertz CT molecular complexity index is 190. The quantitative estimate of drug-likeness (QED) is 0.662. The molecule has 1 unspecified atom stereocenters. The van der Waals surface area contributed by atoms with Gasteiger partial charge >= 0.3 is 0 Å². The Balaban J connectivity index is 2.32. The van der Waals surface area contributed by atoms with Gasteiger partial charge in [-0.15, -0.1) is 0 Å². The van der Waals surface area contributed by atoms with Gasteiger partial charge in [0.05, 0.1) is 0 Å². The molecule has 88 valence electrons. The Morgan fingerprint density at radius 2 is 2.33 bits per heavy atom. The largest absolute Gasteiger partial charge is 0.359 e. The van der Waals surface area contributed by atoms with Crippen molar-refractivity contribution in [3.05, 3.63) is 0 Å². The molecule has 0 spiro atoms. The fraction of sp³-hybridized carbons (Fsp3) is 0.909. The maximum absolute atomic E-state index is 11.2. The summed E-state index contributed by atoms with van der Waals surface area (Å²) in [6.45, 7) is 6.37. The molecule has 1 fully saturated rings. The maximum atomic E-state index is 11.2. The van der Waals surface area contributed by atoms with Crippen molar-refractivity contribution in [3.63, 3.8) is 0 Å². The van der Waals surface area contributed by atoms with Crippen LogP contribution in [0.15, 0.2) is 0 Å². The first-order chi connectivity index (χ1) is 7.27. The maximum Gasteiger partial charge on any atom is 0.221 e. The second kappa shape index (κ2) is 6.80. The fourth-order valence-electron chi connectivity index (χ4n) is 2.09. The average molecular weight is 213 g/mol. The van der Waals surface area contributed by atoms with Gasteiger partial charge in [0, 0.05) is 32.6 Å². The number of carbonyl (C=O) groups excluding carboxylic acids is 1. The van der Waals surface area contributed by atoms with E-state index < -0.39 is 0 Å². The second-order valence-electron chi connectivity index (χ2n) is 4.11. The summed E-state index contributed by atoms with van der Waals surface area (Å²) < 4.78 is 0. The van der Waals surface area contributed by atoms with Crippen molar-refractivity contribution in [2.24, 2.45) is 0 Å². The number of hydrogen-bond acceptors (Lipinski definition) is 3. The van der Waals surface area contributed by atoms with Crippen molar-refractivity contribution in [1.29, 1.82) is 0 Å². The van der Waals surface area contributed by atoms with E-state index in [1.54, 1.807) is 7.05 Å². The molecule has 4 heteroatoms. The third kappa shape index (κ3) is 4.18. The van der Waals surface area contributed by atoms with Crippen LogP contribution in [0.2, 0.25) is 0 Å². The molecule has 15 heavy (non-hydrogen) atoms. The fourth-order valence-corrected chi connectivity index (χ4v) is 2.09. The summed E-state index contributed by atoms with van der Waals surface area (Å²) >= 11 is 0. The molecule has 0 aromatic heterocycles. The second-order valence-corrected chi connectivity index (χ2v) is 4.11. The van der Waals surface area contributed by atoms with E-state index >= 15 is 0 Å². The van der Waals surface area contributed by atoms with E-state index in [9.17, 15) is 4.79 Å². The summed E-state index contributed by atoms with van der Waals surface area (Å²) in [6, 6.07) is 0.634. The third-order valence-electron chi connectivity index (χ3n) is 2.97. The standard InChI is InChI=1S/C11H23N3O/c1-3-7-14(8-5-11(15)12-2)10-4-6-13-9-10/h10,13H,3-9H2,1-2H3,(H,12,15). The summed E-state index contributed by atoms with van der Waals surface area (Å²) in [5.74, 6) is 0.141. The molecule has 0 bridgehead atoms. The van der Waals surface area contributed by atoms with Crippen LogP contribution < -0.4 is 10.6 Å². The topological polar surface area (TPSA) is 44.4 Å². The Hall–Kier alpha value is -0.610. The zero-order valence-corrected chi connectivity index (χ0v) is 9.88. The molecule has 1 aliphatic rings. The third-order valence-corrected chi connectivity index (χ3v) is 2.97. The van der Waals surface area contributed by atoms with Gasteiger partial charge < -0.3 is 10.6 Å². The van der Waals surface area contributed by atoms with Crippen molar-refractivity contribution < 1.29 is 4.79 Å². The molecule has 1 saturated heterocycles. The highest BCUT2D eigenvalue weighted by atomic mass is 16.1. The Labute approximate surface area is 92.4 Å². The van der Waals surface area contributed by atoms with E-state index in [2.05, 4.69) is 22.5 Å². The van der Waals surface area contributed by atoms with Crippen molar-refractivity contribution in [2.75, 3.05) is 33.2 Å². The van der Waals surface area contributed by atoms with Crippen LogP contribution in [-0.4, -0.2) is 50.1 Å². The Kier molecular flexibility index (Phi) is 5.65. The minimum atomic E-state index is 0.141. The molecule has 1 atom stereocenters. The lowest BCUT2D eigenvalue weighted by atomic mass is 10.2. The van der Waals surface area contributed by atoms with Gasteiger partial charge in [0.2, 0.25) is 5.91 Å². The van der Waals surface area contributed by atoms with E-state index in [4.69, 9.17) is 0 Å². The molecule has 1 rings (SSSR count). The molecule has 1 heterocycles. The van der Waals surface area contributed by atoms with Gasteiger partial charge in [-0.3, -0.25) is 9.69 Å². The zero-order chi connectivity index (χ0) is 11.1. The number of rotatable bonds is 6. The molecule has 1 aliphatic heterocycles. The number of nitrogens with zero attached hydrogens (tertiary/aromatic N) is 1. The Morgan fingerprint density at radius 3 is 2.87 bits per heavy atom. The smallest absolute Gasteiger partial charge is 0.221 e.